The van der Waals surface area contributed by atoms with E-state index in [1.165, 1.54) is 0 Å². The maximum absolute atomic E-state index is 10.5. The Morgan fingerprint density at radius 3 is 2.15 bits per heavy atom. The van der Waals surface area contributed by atoms with Crippen molar-refractivity contribution < 1.29 is 31.7 Å². The van der Waals surface area contributed by atoms with Gasteiger partial charge in [-0.1, -0.05) is 4.52 Å². The monoisotopic (exact) mass is 233 g/mol. The Bertz CT molecular complexity index is 270. The molecule has 0 radical (unpaired) electrons. The fourth-order valence-corrected chi connectivity index (χ4v) is 1.45. The molecular formula is C4H10O7PS+. The second-order valence-corrected chi connectivity index (χ2v) is 4.54. The maximum Gasteiger partial charge on any atom is 0.697 e. The zero-order chi connectivity index (χ0) is 10.6. The summed E-state index contributed by atoms with van der Waals surface area (Å²) in [5.41, 5.74) is 0. The Morgan fingerprint density at radius 1 is 1.46 bits per heavy atom. The molecule has 0 aliphatic rings. The third kappa shape index (κ3) is 7.00. The maximum atomic E-state index is 10.5. The predicted molar refractivity (Wildman–Crippen MR) is 42.3 cm³/mol. The second kappa shape index (κ2) is 4.94. The fraction of sp³-hybridized carbons (Fsp3) is 1.00. The minimum atomic E-state index is -3.84. The summed E-state index contributed by atoms with van der Waals surface area (Å²) in [5.74, 6) is 0. The second-order valence-electron chi connectivity index (χ2n) is 2.25. The Balaban J connectivity index is 4.36. The standard InChI is InChI=1S/C4H9O7PS/c1-3(5)4(10-12(6)7)11-13(2,8)9/h3-5H,1-2H3/p+1/t3-,4-/m0/s1. The van der Waals surface area contributed by atoms with Gasteiger partial charge in [0.05, 0.1) is 6.26 Å². The summed E-state index contributed by atoms with van der Waals surface area (Å²) in [4.78, 5) is 8.27. The molecule has 0 heterocycles. The first-order chi connectivity index (χ1) is 5.72. The molecule has 0 amide bonds. The van der Waals surface area contributed by atoms with E-state index >= 15 is 0 Å². The molecule has 7 nitrogen and oxygen atoms in total. The number of hydrogen-bond donors (Lipinski definition) is 2. The molecule has 2 N–H and O–H groups in total. The van der Waals surface area contributed by atoms with Crippen molar-refractivity contribution in [1.29, 1.82) is 0 Å². The minimum absolute atomic E-state index is 0.732. The molecule has 0 aliphatic heterocycles. The zero-order valence-electron chi connectivity index (χ0n) is 6.95. The molecule has 1 unspecified atom stereocenters. The van der Waals surface area contributed by atoms with Gasteiger partial charge >= 0.3 is 8.25 Å². The molecule has 0 aromatic rings. The van der Waals surface area contributed by atoms with Crippen LogP contribution in [0, 0.1) is 0 Å². The highest BCUT2D eigenvalue weighted by molar-refractivity contribution is 7.86. The van der Waals surface area contributed by atoms with Crippen LogP contribution in [0.2, 0.25) is 0 Å². The van der Waals surface area contributed by atoms with Crippen molar-refractivity contribution in [3.8, 4) is 0 Å². The van der Waals surface area contributed by atoms with Crippen molar-refractivity contribution in [2.45, 2.75) is 19.3 Å². The smallest absolute Gasteiger partial charge is 0.388 e. The van der Waals surface area contributed by atoms with Crippen LogP contribution in [-0.4, -0.2) is 37.1 Å². The highest BCUT2D eigenvalue weighted by atomic mass is 32.2. The summed E-state index contributed by atoms with van der Waals surface area (Å²) in [5, 5.41) is 8.87. The first kappa shape index (κ1) is 12.9. The molecule has 0 bridgehead atoms. The quantitative estimate of drug-likeness (QED) is 0.368. The van der Waals surface area contributed by atoms with Crippen LogP contribution in [0.5, 0.6) is 0 Å². The molecule has 78 valence electrons. The van der Waals surface area contributed by atoms with Crippen molar-refractivity contribution in [2.24, 2.45) is 0 Å². The van der Waals surface area contributed by atoms with E-state index in [0.29, 0.717) is 0 Å². The van der Waals surface area contributed by atoms with Crippen LogP contribution in [0.4, 0.5) is 0 Å². The van der Waals surface area contributed by atoms with Gasteiger partial charge in [0.25, 0.3) is 16.4 Å². The molecule has 0 fully saturated rings. The van der Waals surface area contributed by atoms with Crippen LogP contribution in [0.25, 0.3) is 0 Å². The van der Waals surface area contributed by atoms with Gasteiger partial charge in [0, 0.05) is 4.57 Å². The van der Waals surface area contributed by atoms with E-state index in [-0.39, 0.29) is 0 Å². The van der Waals surface area contributed by atoms with Crippen molar-refractivity contribution in [2.75, 3.05) is 6.26 Å². The summed E-state index contributed by atoms with van der Waals surface area (Å²) in [6, 6.07) is 0. The molecular weight excluding hydrogens is 223 g/mol. The Labute approximate surface area is 76.4 Å². The lowest BCUT2D eigenvalue weighted by Crippen LogP contribution is -2.29. The topological polar surface area (TPSA) is 110 Å². The van der Waals surface area contributed by atoms with E-state index in [9.17, 15) is 13.0 Å². The molecule has 0 aromatic carbocycles. The molecule has 0 saturated heterocycles. The third-order valence-corrected chi connectivity index (χ3v) is 1.78. The zero-order valence-corrected chi connectivity index (χ0v) is 8.66. The Kier molecular flexibility index (Phi) is 4.90. The average Bonchev–Trinajstić information content (AvgIpc) is 1.81. The lowest BCUT2D eigenvalue weighted by molar-refractivity contribution is -0.0743. The first-order valence-corrected chi connectivity index (χ1v) is 6.06. The number of aliphatic hydroxyl groups is 1. The molecule has 0 rings (SSSR count). The van der Waals surface area contributed by atoms with Crippen LogP contribution in [0.3, 0.4) is 0 Å². The van der Waals surface area contributed by atoms with Gasteiger partial charge in [0.2, 0.25) is 0 Å². The summed E-state index contributed by atoms with van der Waals surface area (Å²) >= 11 is 0. The van der Waals surface area contributed by atoms with Crippen molar-refractivity contribution in [1.82, 2.24) is 0 Å². The van der Waals surface area contributed by atoms with Crippen LogP contribution < -0.4 is 0 Å². The highest BCUT2D eigenvalue weighted by Crippen LogP contribution is 2.21. The lowest BCUT2D eigenvalue weighted by atomic mass is 10.4. The van der Waals surface area contributed by atoms with E-state index in [0.717, 1.165) is 13.2 Å². The van der Waals surface area contributed by atoms with Gasteiger partial charge in [-0.25, -0.2) is 4.18 Å². The Morgan fingerprint density at radius 2 is 1.92 bits per heavy atom. The normalized spacial score (nSPS) is 18.0. The van der Waals surface area contributed by atoms with Crippen molar-refractivity contribution in [3.63, 3.8) is 0 Å². The first-order valence-electron chi connectivity index (χ1n) is 3.11. The van der Waals surface area contributed by atoms with E-state index < -0.39 is 30.8 Å². The molecule has 0 saturated carbocycles. The Hall–Kier alpha value is -0.110. The van der Waals surface area contributed by atoms with Gasteiger partial charge in [0.1, 0.15) is 6.10 Å². The summed E-state index contributed by atoms with van der Waals surface area (Å²) in [7, 11) is -6.86. The van der Waals surface area contributed by atoms with Crippen LogP contribution in [0.15, 0.2) is 0 Å². The van der Waals surface area contributed by atoms with Crippen molar-refractivity contribution >= 4 is 18.4 Å². The van der Waals surface area contributed by atoms with Gasteiger partial charge in [-0.05, 0) is 6.92 Å². The minimum Gasteiger partial charge on any atom is -0.388 e. The summed E-state index contributed by atoms with van der Waals surface area (Å²) < 4.78 is 39.5. The van der Waals surface area contributed by atoms with Gasteiger partial charge in [-0.15, -0.1) is 4.89 Å². The number of aliphatic hydroxyl groups excluding tert-OH is 1. The predicted octanol–water partition coefficient (Wildman–Crippen LogP) is -0.664. The summed E-state index contributed by atoms with van der Waals surface area (Å²) in [6.45, 7) is 1.16. The van der Waals surface area contributed by atoms with E-state index in [4.69, 9.17) is 10.00 Å². The number of rotatable bonds is 5. The van der Waals surface area contributed by atoms with Gasteiger partial charge in [-0.3, -0.25) is 0 Å². The molecule has 3 atom stereocenters. The third-order valence-electron chi connectivity index (χ3n) is 0.858. The van der Waals surface area contributed by atoms with Gasteiger partial charge in [0.15, 0.2) is 0 Å². The molecule has 0 aromatic heterocycles. The van der Waals surface area contributed by atoms with Crippen LogP contribution >= 0.6 is 8.25 Å². The van der Waals surface area contributed by atoms with Gasteiger partial charge < -0.3 is 5.11 Å². The summed E-state index contributed by atoms with van der Waals surface area (Å²) in [6.07, 6.45) is -2.26. The van der Waals surface area contributed by atoms with Gasteiger partial charge in [-0.2, -0.15) is 8.42 Å². The van der Waals surface area contributed by atoms with Crippen LogP contribution in [-0.2, 0) is 23.4 Å². The largest absolute Gasteiger partial charge is 0.697 e. The average molecular weight is 233 g/mol. The molecule has 9 heteroatoms. The molecule has 0 spiro atoms. The highest BCUT2D eigenvalue weighted by Gasteiger charge is 2.31. The van der Waals surface area contributed by atoms with E-state index in [2.05, 4.69) is 8.71 Å². The number of hydrogen-bond acceptors (Lipinski definition) is 6. The lowest BCUT2D eigenvalue weighted by Gasteiger charge is -2.11. The molecule has 0 aliphatic carbocycles. The van der Waals surface area contributed by atoms with E-state index in [1.807, 2.05) is 0 Å². The van der Waals surface area contributed by atoms with E-state index in [1.54, 1.807) is 0 Å². The van der Waals surface area contributed by atoms with Crippen LogP contribution in [0.1, 0.15) is 6.92 Å². The molecule has 13 heavy (non-hydrogen) atoms. The fourth-order valence-electron chi connectivity index (χ4n) is 0.447. The SMILES string of the molecule is C[C@H](O)[C@@H](O[P+](=O)O)OS(C)(=O)=O. The van der Waals surface area contributed by atoms with Crippen molar-refractivity contribution in [3.05, 3.63) is 0 Å².